The number of aryl methyl sites for hydroxylation is 1. The Bertz CT molecular complexity index is 862. The van der Waals surface area contributed by atoms with Crippen LogP contribution in [0, 0.1) is 6.92 Å². The van der Waals surface area contributed by atoms with Crippen molar-refractivity contribution in [2.45, 2.75) is 20.0 Å². The highest BCUT2D eigenvalue weighted by Gasteiger charge is 2.20. The van der Waals surface area contributed by atoms with Crippen LogP contribution in [0.3, 0.4) is 0 Å². The van der Waals surface area contributed by atoms with Gasteiger partial charge in [-0.05, 0) is 30.7 Å². The van der Waals surface area contributed by atoms with Gasteiger partial charge in [0.25, 0.3) is 10.9 Å². The molecule has 0 aliphatic heterocycles. The summed E-state index contributed by atoms with van der Waals surface area (Å²) in [7, 11) is 0. The summed E-state index contributed by atoms with van der Waals surface area (Å²) in [6, 6.07) is 5.62. The largest absolute Gasteiger partial charge is 0.378 e. The Morgan fingerprint density at radius 2 is 1.74 bits per heavy atom. The smallest absolute Gasteiger partial charge is 0.253 e. The fourth-order valence-corrected chi connectivity index (χ4v) is 2.30. The number of pyridine rings is 1. The summed E-state index contributed by atoms with van der Waals surface area (Å²) >= 11 is 0. The third-order valence-corrected chi connectivity index (χ3v) is 3.55. The second-order valence-corrected chi connectivity index (χ2v) is 5.26. The molecular formula is C16H17N5O2. The third kappa shape index (κ3) is 3.28. The number of hydrogen-bond donors (Lipinski definition) is 2. The molecule has 23 heavy (non-hydrogen) atoms. The molecule has 118 valence electrons. The van der Waals surface area contributed by atoms with Gasteiger partial charge < -0.3 is 10.6 Å². The van der Waals surface area contributed by atoms with Crippen LogP contribution in [-0.4, -0.2) is 21.3 Å². The van der Waals surface area contributed by atoms with Gasteiger partial charge in [0.1, 0.15) is 11.4 Å². The van der Waals surface area contributed by atoms with Crippen LogP contribution in [-0.2, 0) is 13.1 Å². The lowest BCUT2D eigenvalue weighted by Crippen LogP contribution is -2.37. The molecule has 0 radical (unpaired) electrons. The Hall–Kier alpha value is -2.96. The molecule has 0 fully saturated rings. The molecule has 0 amide bonds. The van der Waals surface area contributed by atoms with E-state index in [4.69, 9.17) is 0 Å². The molecular weight excluding hydrogens is 294 g/mol. The lowest BCUT2D eigenvalue weighted by atomic mass is 10.1. The molecule has 0 aliphatic carbocycles. The zero-order valence-electron chi connectivity index (χ0n) is 12.7. The fourth-order valence-electron chi connectivity index (χ4n) is 2.30. The Balaban J connectivity index is 1.58. The Morgan fingerprint density at radius 3 is 2.39 bits per heavy atom. The minimum absolute atomic E-state index is 0.350. The van der Waals surface area contributed by atoms with Crippen molar-refractivity contribution in [2.75, 3.05) is 17.2 Å². The molecule has 0 saturated heterocycles. The summed E-state index contributed by atoms with van der Waals surface area (Å²) in [6.45, 7) is 3.54. The molecule has 0 unspecified atom stereocenters. The molecule has 2 aromatic heterocycles. The SMILES string of the molecule is Cc1ccn(CCNc2c(NCc3ccncc3)c(=O)c2=O)n1. The maximum atomic E-state index is 11.7. The standard InChI is InChI=1S/C16H17N5O2/c1-11-4-8-21(20-11)9-7-18-13-14(16(23)15(13)22)19-10-12-2-5-17-6-3-12/h2-6,8,18-19H,7,9-10H2,1H3. The van der Waals surface area contributed by atoms with Gasteiger partial charge in [-0.25, -0.2) is 0 Å². The fraction of sp³-hybridized carbons (Fsp3) is 0.250. The molecule has 3 rings (SSSR count). The van der Waals surface area contributed by atoms with Crippen LogP contribution in [0.15, 0.2) is 46.4 Å². The number of nitrogens with one attached hydrogen (secondary N) is 2. The highest BCUT2D eigenvalue weighted by molar-refractivity contribution is 5.73. The van der Waals surface area contributed by atoms with Crippen molar-refractivity contribution in [2.24, 2.45) is 0 Å². The molecule has 1 aromatic carbocycles. The predicted molar refractivity (Wildman–Crippen MR) is 88.4 cm³/mol. The van der Waals surface area contributed by atoms with Gasteiger partial charge in [0.05, 0.1) is 12.2 Å². The zero-order chi connectivity index (χ0) is 16.2. The molecule has 2 heterocycles. The average Bonchev–Trinajstić information content (AvgIpc) is 2.99. The minimum atomic E-state index is -0.475. The summed E-state index contributed by atoms with van der Waals surface area (Å²) in [4.78, 5) is 27.3. The first kappa shape index (κ1) is 15.0. The summed E-state index contributed by atoms with van der Waals surface area (Å²) < 4.78 is 1.79. The number of rotatable bonds is 7. The van der Waals surface area contributed by atoms with Crippen LogP contribution in [0.4, 0.5) is 11.4 Å². The molecule has 0 atom stereocenters. The van der Waals surface area contributed by atoms with Crippen LogP contribution in [0.2, 0.25) is 0 Å². The van der Waals surface area contributed by atoms with Crippen LogP contribution in [0.1, 0.15) is 11.3 Å². The van der Waals surface area contributed by atoms with E-state index in [-0.39, 0.29) is 0 Å². The maximum Gasteiger partial charge on any atom is 0.253 e. The van der Waals surface area contributed by atoms with Crippen molar-refractivity contribution in [1.29, 1.82) is 0 Å². The summed E-state index contributed by atoms with van der Waals surface area (Å²) in [5.41, 5.74) is 1.69. The van der Waals surface area contributed by atoms with Gasteiger partial charge in [-0.1, -0.05) is 0 Å². The van der Waals surface area contributed by atoms with Crippen molar-refractivity contribution in [3.05, 3.63) is 68.5 Å². The van der Waals surface area contributed by atoms with E-state index in [1.807, 2.05) is 31.3 Å². The Morgan fingerprint density at radius 1 is 1.04 bits per heavy atom. The van der Waals surface area contributed by atoms with Crippen molar-refractivity contribution < 1.29 is 0 Å². The lowest BCUT2D eigenvalue weighted by molar-refractivity contribution is 0.632. The molecule has 3 aromatic rings. The van der Waals surface area contributed by atoms with Gasteiger partial charge in [-0.3, -0.25) is 19.3 Å². The van der Waals surface area contributed by atoms with E-state index in [2.05, 4.69) is 20.7 Å². The van der Waals surface area contributed by atoms with Gasteiger partial charge in [0.15, 0.2) is 0 Å². The highest BCUT2D eigenvalue weighted by Crippen LogP contribution is 2.15. The highest BCUT2D eigenvalue weighted by atomic mass is 16.2. The van der Waals surface area contributed by atoms with Crippen molar-refractivity contribution >= 4 is 11.4 Å². The second kappa shape index (κ2) is 6.43. The van der Waals surface area contributed by atoms with E-state index < -0.39 is 10.9 Å². The molecule has 0 bridgehead atoms. The second-order valence-electron chi connectivity index (χ2n) is 5.26. The Kier molecular flexibility index (Phi) is 4.18. The van der Waals surface area contributed by atoms with Gasteiger partial charge in [-0.15, -0.1) is 0 Å². The first-order chi connectivity index (χ1) is 11.1. The van der Waals surface area contributed by atoms with Crippen LogP contribution >= 0.6 is 0 Å². The van der Waals surface area contributed by atoms with Crippen LogP contribution in [0.25, 0.3) is 0 Å². The number of nitrogens with zero attached hydrogens (tertiary/aromatic N) is 3. The first-order valence-electron chi connectivity index (χ1n) is 7.35. The average molecular weight is 311 g/mol. The van der Waals surface area contributed by atoms with E-state index in [0.29, 0.717) is 31.0 Å². The lowest BCUT2D eigenvalue weighted by Gasteiger charge is -2.14. The minimum Gasteiger partial charge on any atom is -0.378 e. The summed E-state index contributed by atoms with van der Waals surface area (Å²) in [6.07, 6.45) is 5.25. The quantitative estimate of drug-likeness (QED) is 0.630. The summed E-state index contributed by atoms with van der Waals surface area (Å²) in [5.74, 6) is 0. The van der Waals surface area contributed by atoms with Gasteiger partial charge >= 0.3 is 0 Å². The monoisotopic (exact) mass is 311 g/mol. The van der Waals surface area contributed by atoms with Crippen molar-refractivity contribution in [3.8, 4) is 0 Å². The van der Waals surface area contributed by atoms with E-state index in [1.165, 1.54) is 0 Å². The molecule has 0 aliphatic rings. The van der Waals surface area contributed by atoms with Crippen molar-refractivity contribution in [3.63, 3.8) is 0 Å². The number of hydrogen-bond acceptors (Lipinski definition) is 6. The molecule has 7 nitrogen and oxygen atoms in total. The normalized spacial score (nSPS) is 10.8. The molecule has 2 N–H and O–H groups in total. The van der Waals surface area contributed by atoms with Crippen molar-refractivity contribution in [1.82, 2.24) is 14.8 Å². The van der Waals surface area contributed by atoms with Crippen LogP contribution < -0.4 is 21.5 Å². The van der Waals surface area contributed by atoms with Gasteiger partial charge in [0, 0.05) is 31.7 Å². The van der Waals surface area contributed by atoms with Gasteiger partial charge in [0.2, 0.25) is 0 Å². The van der Waals surface area contributed by atoms with Gasteiger partial charge in [-0.2, -0.15) is 5.10 Å². The zero-order valence-corrected chi connectivity index (χ0v) is 12.7. The Labute approximate surface area is 132 Å². The van der Waals surface area contributed by atoms with E-state index in [9.17, 15) is 9.59 Å². The maximum absolute atomic E-state index is 11.7. The van der Waals surface area contributed by atoms with E-state index in [0.717, 1.165) is 11.3 Å². The summed E-state index contributed by atoms with van der Waals surface area (Å²) in [5, 5.41) is 10.3. The number of anilines is 2. The predicted octanol–water partition coefficient (Wildman–Crippen LogP) is 0.907. The molecule has 7 heteroatoms. The molecule has 0 saturated carbocycles. The van der Waals surface area contributed by atoms with E-state index in [1.54, 1.807) is 17.1 Å². The first-order valence-corrected chi connectivity index (χ1v) is 7.35. The number of aromatic nitrogens is 3. The third-order valence-electron chi connectivity index (χ3n) is 3.55. The van der Waals surface area contributed by atoms with E-state index >= 15 is 0 Å². The topological polar surface area (TPSA) is 88.9 Å². The molecule has 0 spiro atoms. The van der Waals surface area contributed by atoms with Crippen LogP contribution in [0.5, 0.6) is 0 Å².